The van der Waals surface area contributed by atoms with Gasteiger partial charge in [-0.2, -0.15) is 26.3 Å². The van der Waals surface area contributed by atoms with Crippen LogP contribution in [0.4, 0.5) is 26.3 Å². The van der Waals surface area contributed by atoms with Crippen LogP contribution in [0, 0.1) is 0 Å². The number of amides is 1. The van der Waals surface area contributed by atoms with Gasteiger partial charge < -0.3 is 10.4 Å². The van der Waals surface area contributed by atoms with Crippen LogP contribution in [0.5, 0.6) is 0 Å². The van der Waals surface area contributed by atoms with Crippen LogP contribution in [0.2, 0.25) is 5.02 Å². The van der Waals surface area contributed by atoms with Gasteiger partial charge in [0.05, 0.1) is 17.5 Å². The number of carboxylic acids is 1. The van der Waals surface area contributed by atoms with Crippen molar-refractivity contribution in [2.24, 2.45) is 0 Å². The first-order valence-electron chi connectivity index (χ1n) is 8.41. The minimum atomic E-state index is -5.06. The fourth-order valence-corrected chi connectivity index (χ4v) is 3.28. The van der Waals surface area contributed by atoms with Gasteiger partial charge in [0.15, 0.2) is 0 Å². The van der Waals surface area contributed by atoms with Crippen LogP contribution < -0.4 is 5.32 Å². The number of hydrogen-bond donors (Lipinski definition) is 2. The molecule has 0 bridgehead atoms. The summed E-state index contributed by atoms with van der Waals surface area (Å²) >= 11 is 9.06. The van der Waals surface area contributed by atoms with E-state index in [1.54, 1.807) is 6.07 Å². The van der Waals surface area contributed by atoms with E-state index in [9.17, 15) is 41.0 Å². The molecule has 2 aromatic carbocycles. The van der Waals surface area contributed by atoms with Crippen LogP contribution >= 0.6 is 27.5 Å². The third-order valence-electron chi connectivity index (χ3n) is 4.08. The quantitative estimate of drug-likeness (QED) is 0.483. The number of alkyl halides is 6. The van der Waals surface area contributed by atoms with Crippen molar-refractivity contribution in [1.82, 2.24) is 5.32 Å². The van der Waals surface area contributed by atoms with Gasteiger partial charge in [-0.3, -0.25) is 4.79 Å². The van der Waals surface area contributed by atoms with Gasteiger partial charge in [0.2, 0.25) is 5.91 Å². The number of aliphatic carboxylic acids is 1. The highest BCUT2D eigenvalue weighted by atomic mass is 79.9. The van der Waals surface area contributed by atoms with Gasteiger partial charge in [0, 0.05) is 15.9 Å². The van der Waals surface area contributed by atoms with E-state index in [-0.39, 0.29) is 12.5 Å². The molecule has 2 aromatic rings. The molecule has 0 aromatic heterocycles. The van der Waals surface area contributed by atoms with Crippen LogP contribution in [0.1, 0.15) is 22.3 Å². The van der Waals surface area contributed by atoms with Crippen molar-refractivity contribution in [2.45, 2.75) is 31.2 Å². The summed E-state index contributed by atoms with van der Waals surface area (Å²) in [6.07, 6.45) is -11.2. The molecule has 31 heavy (non-hydrogen) atoms. The Morgan fingerprint density at radius 3 is 2.03 bits per heavy atom. The summed E-state index contributed by atoms with van der Waals surface area (Å²) in [6, 6.07) is 3.83. The monoisotopic (exact) mass is 531 g/mol. The lowest BCUT2D eigenvalue weighted by Gasteiger charge is -2.17. The Hall–Kier alpha value is -2.27. The van der Waals surface area contributed by atoms with Crippen molar-refractivity contribution >= 4 is 39.4 Å². The van der Waals surface area contributed by atoms with Crippen molar-refractivity contribution in [2.75, 3.05) is 0 Å². The molecule has 0 fully saturated rings. The lowest BCUT2D eigenvalue weighted by atomic mass is 10.0. The van der Waals surface area contributed by atoms with Crippen molar-refractivity contribution < 1.29 is 41.0 Å². The van der Waals surface area contributed by atoms with Gasteiger partial charge in [0.1, 0.15) is 6.04 Å². The molecule has 2 N–H and O–H groups in total. The molecule has 0 saturated heterocycles. The standard InChI is InChI=1S/C19H13BrClF6NO3/c20-14-2-1-13(21)6-10(14)7-15(17(30)31)28-16(29)5-9-3-11(18(22,23)24)8-12(4-9)19(25,26)27/h1-4,6,8,15H,5,7H2,(H,28,29)(H,30,31)/t15-/m0/s1. The predicted octanol–water partition coefficient (Wildman–Crippen LogP) is 5.49. The van der Waals surface area contributed by atoms with Gasteiger partial charge in [-0.25, -0.2) is 4.79 Å². The number of nitrogens with one attached hydrogen (secondary N) is 1. The number of benzene rings is 2. The van der Waals surface area contributed by atoms with Crippen LogP contribution in [-0.4, -0.2) is 23.0 Å². The minimum Gasteiger partial charge on any atom is -0.480 e. The van der Waals surface area contributed by atoms with Crippen molar-refractivity contribution in [3.05, 3.63) is 68.1 Å². The van der Waals surface area contributed by atoms with Gasteiger partial charge in [-0.15, -0.1) is 0 Å². The molecule has 0 aliphatic rings. The molecule has 0 aliphatic carbocycles. The Morgan fingerprint density at radius 2 is 1.55 bits per heavy atom. The maximum Gasteiger partial charge on any atom is 0.416 e. The molecular weight excluding hydrogens is 520 g/mol. The average Bonchev–Trinajstić information content (AvgIpc) is 2.62. The van der Waals surface area contributed by atoms with Crippen LogP contribution in [0.25, 0.3) is 0 Å². The second kappa shape index (κ2) is 9.47. The maximum atomic E-state index is 12.9. The molecule has 1 amide bonds. The summed E-state index contributed by atoms with van der Waals surface area (Å²) in [4.78, 5) is 23.7. The topological polar surface area (TPSA) is 66.4 Å². The lowest BCUT2D eigenvalue weighted by molar-refractivity contribution is -0.143. The van der Waals surface area contributed by atoms with Gasteiger partial charge in [-0.1, -0.05) is 27.5 Å². The second-order valence-corrected chi connectivity index (χ2v) is 7.78. The number of carboxylic acid groups (broad SMARTS) is 1. The molecule has 1 atom stereocenters. The highest BCUT2D eigenvalue weighted by Gasteiger charge is 2.37. The minimum absolute atomic E-state index is 0.0574. The summed E-state index contributed by atoms with van der Waals surface area (Å²) in [7, 11) is 0. The normalized spacial score (nSPS) is 13.0. The van der Waals surface area contributed by atoms with Crippen LogP contribution in [-0.2, 0) is 34.8 Å². The number of hydrogen-bond acceptors (Lipinski definition) is 2. The SMILES string of the molecule is O=C(Cc1cc(C(F)(F)F)cc(C(F)(F)F)c1)N[C@@H](Cc1cc(Cl)ccc1Br)C(=O)O. The fraction of sp³-hybridized carbons (Fsp3) is 0.263. The van der Waals surface area contributed by atoms with Crippen LogP contribution in [0.3, 0.4) is 0 Å². The first-order valence-corrected chi connectivity index (χ1v) is 9.58. The zero-order valence-electron chi connectivity index (χ0n) is 15.2. The Labute approximate surface area is 185 Å². The third-order valence-corrected chi connectivity index (χ3v) is 5.09. The van der Waals surface area contributed by atoms with Gasteiger partial charge >= 0.3 is 18.3 Å². The first-order chi connectivity index (χ1) is 14.2. The van der Waals surface area contributed by atoms with Crippen molar-refractivity contribution in [3.63, 3.8) is 0 Å². The lowest BCUT2D eigenvalue weighted by Crippen LogP contribution is -2.43. The molecule has 0 radical (unpaired) electrons. The molecule has 0 aliphatic heterocycles. The molecule has 0 heterocycles. The highest BCUT2D eigenvalue weighted by molar-refractivity contribution is 9.10. The number of rotatable bonds is 6. The molecule has 0 saturated carbocycles. The van der Waals surface area contributed by atoms with Crippen molar-refractivity contribution in [3.8, 4) is 0 Å². The zero-order valence-corrected chi connectivity index (χ0v) is 17.6. The molecule has 12 heteroatoms. The summed E-state index contributed by atoms with van der Waals surface area (Å²) in [5.41, 5.74) is -3.27. The van der Waals surface area contributed by atoms with E-state index >= 15 is 0 Å². The number of carbonyl (C=O) groups excluding carboxylic acids is 1. The third kappa shape index (κ3) is 7.13. The fourth-order valence-electron chi connectivity index (χ4n) is 2.67. The molecule has 4 nitrogen and oxygen atoms in total. The summed E-state index contributed by atoms with van der Waals surface area (Å²) in [5, 5.41) is 11.8. The van der Waals surface area contributed by atoms with Gasteiger partial charge in [-0.05, 0) is 47.5 Å². The van der Waals surface area contributed by atoms with E-state index in [1.165, 1.54) is 12.1 Å². The molecule has 0 spiro atoms. The number of carbonyl (C=O) groups is 2. The van der Waals surface area contributed by atoms with E-state index in [2.05, 4.69) is 21.2 Å². The summed E-state index contributed by atoms with van der Waals surface area (Å²) in [6.45, 7) is 0. The Balaban J connectivity index is 2.24. The Morgan fingerprint density at radius 1 is 1.00 bits per heavy atom. The van der Waals surface area contributed by atoms with E-state index in [0.29, 0.717) is 27.2 Å². The molecule has 2 rings (SSSR count). The average molecular weight is 533 g/mol. The van der Waals surface area contributed by atoms with Crippen LogP contribution in [0.15, 0.2) is 40.9 Å². The first kappa shape index (κ1) is 25.0. The number of halogens is 8. The largest absolute Gasteiger partial charge is 0.480 e. The predicted molar refractivity (Wildman–Crippen MR) is 103 cm³/mol. The maximum absolute atomic E-state index is 12.9. The zero-order chi connectivity index (χ0) is 23.6. The highest BCUT2D eigenvalue weighted by Crippen LogP contribution is 2.36. The Bertz CT molecular complexity index is 961. The summed E-state index contributed by atoms with van der Waals surface area (Å²) < 4.78 is 78.2. The molecule has 0 unspecified atom stereocenters. The van der Waals surface area contributed by atoms with E-state index in [4.69, 9.17) is 11.6 Å². The smallest absolute Gasteiger partial charge is 0.416 e. The molecular formula is C19H13BrClF6NO3. The van der Waals surface area contributed by atoms with Gasteiger partial charge in [0.25, 0.3) is 0 Å². The van der Waals surface area contributed by atoms with Crippen molar-refractivity contribution in [1.29, 1.82) is 0 Å². The molecule has 168 valence electrons. The van der Waals surface area contributed by atoms with E-state index in [1.807, 2.05) is 0 Å². The summed E-state index contributed by atoms with van der Waals surface area (Å²) in [5.74, 6) is -2.50. The Kier molecular flexibility index (Phi) is 7.64. The second-order valence-electron chi connectivity index (χ2n) is 6.49. The van der Waals surface area contributed by atoms with E-state index in [0.717, 1.165) is 0 Å². The van der Waals surface area contributed by atoms with E-state index < -0.39 is 53.4 Å².